The summed E-state index contributed by atoms with van der Waals surface area (Å²) in [6, 6.07) is 20.0. The van der Waals surface area contributed by atoms with Crippen LogP contribution in [-0.4, -0.2) is 24.5 Å². The Hall–Kier alpha value is -1.64. The summed E-state index contributed by atoms with van der Waals surface area (Å²) in [7, 11) is 2.20. The summed E-state index contributed by atoms with van der Waals surface area (Å²) in [5, 5.41) is 0. The van der Waals surface area contributed by atoms with E-state index in [1.807, 2.05) is 0 Å². The van der Waals surface area contributed by atoms with Gasteiger partial charge in [-0.3, -0.25) is 4.90 Å². The molecule has 3 rings (SSSR count). The molecule has 0 radical (unpaired) electrons. The Morgan fingerprint density at radius 2 is 1.57 bits per heavy atom. The first kappa shape index (κ1) is 14.3. The quantitative estimate of drug-likeness (QED) is 0.905. The highest BCUT2D eigenvalue weighted by atomic mass is 15.1. The highest BCUT2D eigenvalue weighted by Gasteiger charge is 2.26. The summed E-state index contributed by atoms with van der Waals surface area (Å²) < 4.78 is 0. The number of hydrogen-bond acceptors (Lipinski definition) is 2. The molecule has 0 amide bonds. The van der Waals surface area contributed by atoms with Crippen LogP contribution in [0.3, 0.4) is 0 Å². The lowest BCUT2D eigenvalue weighted by molar-refractivity contribution is 0.230. The Labute approximate surface area is 127 Å². The van der Waals surface area contributed by atoms with E-state index in [0.717, 1.165) is 13.0 Å². The van der Waals surface area contributed by atoms with E-state index in [1.54, 1.807) is 0 Å². The fourth-order valence-corrected chi connectivity index (χ4v) is 3.37. The zero-order valence-corrected chi connectivity index (χ0v) is 12.7. The summed E-state index contributed by atoms with van der Waals surface area (Å²) in [4.78, 5) is 2.41. The molecule has 2 atom stereocenters. The Balaban J connectivity index is 1.86. The van der Waals surface area contributed by atoms with Crippen molar-refractivity contribution in [2.45, 2.75) is 31.3 Å². The molecule has 1 aliphatic rings. The SMILES string of the molecule is CN1CCCCC(N)C1c1ccc(-c2ccccc2)cc1. The number of likely N-dealkylation sites (N-methyl/N-ethyl adjacent to an activating group) is 1. The molecule has 0 spiro atoms. The summed E-state index contributed by atoms with van der Waals surface area (Å²) in [6.45, 7) is 1.14. The summed E-state index contributed by atoms with van der Waals surface area (Å²) in [5.74, 6) is 0. The van der Waals surface area contributed by atoms with Crippen molar-refractivity contribution in [3.8, 4) is 11.1 Å². The molecule has 1 heterocycles. The monoisotopic (exact) mass is 280 g/mol. The minimum Gasteiger partial charge on any atom is -0.326 e. The van der Waals surface area contributed by atoms with Gasteiger partial charge in [-0.15, -0.1) is 0 Å². The molecular weight excluding hydrogens is 256 g/mol. The van der Waals surface area contributed by atoms with E-state index in [4.69, 9.17) is 5.73 Å². The molecule has 21 heavy (non-hydrogen) atoms. The maximum atomic E-state index is 6.41. The third kappa shape index (κ3) is 3.17. The van der Waals surface area contributed by atoms with Crippen LogP contribution >= 0.6 is 0 Å². The zero-order valence-electron chi connectivity index (χ0n) is 12.7. The molecule has 1 aliphatic heterocycles. The number of nitrogens with zero attached hydrogens (tertiary/aromatic N) is 1. The second-order valence-corrected chi connectivity index (χ2v) is 6.07. The van der Waals surface area contributed by atoms with Crippen LogP contribution in [0.25, 0.3) is 11.1 Å². The lowest BCUT2D eigenvalue weighted by Gasteiger charge is -2.30. The van der Waals surface area contributed by atoms with Gasteiger partial charge in [-0.05, 0) is 43.1 Å². The molecule has 2 unspecified atom stereocenters. The largest absolute Gasteiger partial charge is 0.326 e. The maximum absolute atomic E-state index is 6.41. The molecule has 1 saturated heterocycles. The Morgan fingerprint density at radius 1 is 0.905 bits per heavy atom. The second-order valence-electron chi connectivity index (χ2n) is 6.07. The van der Waals surface area contributed by atoms with Gasteiger partial charge in [-0.2, -0.15) is 0 Å². The normalized spacial score (nSPS) is 23.7. The standard InChI is InChI=1S/C19H24N2/c1-21-14-6-5-9-18(20)19(21)17-12-10-16(11-13-17)15-7-3-2-4-8-15/h2-4,7-8,10-13,18-19H,5-6,9,14,20H2,1H3. The van der Waals surface area contributed by atoms with Gasteiger partial charge in [-0.25, -0.2) is 0 Å². The van der Waals surface area contributed by atoms with Crippen LogP contribution in [0.1, 0.15) is 30.9 Å². The Bertz CT molecular complexity index is 550. The van der Waals surface area contributed by atoms with E-state index in [2.05, 4.69) is 66.5 Å². The van der Waals surface area contributed by atoms with Crippen LogP contribution < -0.4 is 5.73 Å². The van der Waals surface area contributed by atoms with Gasteiger partial charge in [0, 0.05) is 12.1 Å². The smallest absolute Gasteiger partial charge is 0.0496 e. The molecule has 2 heteroatoms. The van der Waals surface area contributed by atoms with E-state index < -0.39 is 0 Å². The van der Waals surface area contributed by atoms with Crippen molar-refractivity contribution in [1.29, 1.82) is 0 Å². The molecule has 2 aromatic carbocycles. The van der Waals surface area contributed by atoms with Gasteiger partial charge >= 0.3 is 0 Å². The molecular formula is C19H24N2. The Kier molecular flexibility index (Phi) is 4.37. The summed E-state index contributed by atoms with van der Waals surface area (Å²) in [6.07, 6.45) is 3.61. The third-order valence-corrected chi connectivity index (χ3v) is 4.54. The van der Waals surface area contributed by atoms with Crippen LogP contribution in [0.2, 0.25) is 0 Å². The van der Waals surface area contributed by atoms with E-state index in [1.165, 1.54) is 29.5 Å². The minimum atomic E-state index is 0.236. The van der Waals surface area contributed by atoms with Crippen molar-refractivity contribution in [1.82, 2.24) is 4.90 Å². The molecule has 2 nitrogen and oxygen atoms in total. The van der Waals surface area contributed by atoms with Gasteiger partial charge in [0.25, 0.3) is 0 Å². The van der Waals surface area contributed by atoms with Gasteiger partial charge in [0.05, 0.1) is 0 Å². The van der Waals surface area contributed by atoms with E-state index in [0.29, 0.717) is 6.04 Å². The van der Waals surface area contributed by atoms with Crippen LogP contribution in [0, 0.1) is 0 Å². The second kappa shape index (κ2) is 6.42. The highest BCUT2D eigenvalue weighted by molar-refractivity contribution is 5.63. The van der Waals surface area contributed by atoms with E-state index in [9.17, 15) is 0 Å². The average molecular weight is 280 g/mol. The topological polar surface area (TPSA) is 29.3 Å². The lowest BCUT2D eigenvalue weighted by Crippen LogP contribution is -2.37. The molecule has 0 aromatic heterocycles. The first-order valence-electron chi connectivity index (χ1n) is 7.87. The number of rotatable bonds is 2. The molecule has 0 aliphatic carbocycles. The molecule has 110 valence electrons. The van der Waals surface area contributed by atoms with Gasteiger partial charge in [0.2, 0.25) is 0 Å². The number of nitrogens with two attached hydrogens (primary N) is 1. The minimum absolute atomic E-state index is 0.236. The molecule has 0 bridgehead atoms. The number of benzene rings is 2. The third-order valence-electron chi connectivity index (χ3n) is 4.54. The van der Waals surface area contributed by atoms with Crippen molar-refractivity contribution < 1.29 is 0 Å². The lowest BCUT2D eigenvalue weighted by atomic mass is 9.94. The zero-order chi connectivity index (χ0) is 14.7. The number of hydrogen-bond donors (Lipinski definition) is 1. The van der Waals surface area contributed by atoms with Gasteiger partial charge in [-0.1, -0.05) is 61.0 Å². The predicted octanol–water partition coefficient (Wildman–Crippen LogP) is 3.84. The fourth-order valence-electron chi connectivity index (χ4n) is 3.37. The van der Waals surface area contributed by atoms with Crippen molar-refractivity contribution in [3.63, 3.8) is 0 Å². The molecule has 2 aromatic rings. The van der Waals surface area contributed by atoms with Crippen molar-refractivity contribution in [3.05, 3.63) is 60.2 Å². The number of likely N-dealkylation sites (tertiary alicyclic amines) is 1. The maximum Gasteiger partial charge on any atom is 0.0496 e. The van der Waals surface area contributed by atoms with Gasteiger partial charge < -0.3 is 5.73 Å². The van der Waals surface area contributed by atoms with Crippen LogP contribution in [0.5, 0.6) is 0 Å². The Morgan fingerprint density at radius 3 is 2.29 bits per heavy atom. The fraction of sp³-hybridized carbons (Fsp3) is 0.368. The van der Waals surface area contributed by atoms with Crippen molar-refractivity contribution >= 4 is 0 Å². The van der Waals surface area contributed by atoms with Crippen LogP contribution in [0.4, 0.5) is 0 Å². The first-order valence-corrected chi connectivity index (χ1v) is 7.87. The average Bonchev–Trinajstić information content (AvgIpc) is 2.69. The molecule has 0 saturated carbocycles. The molecule has 2 N–H and O–H groups in total. The van der Waals surface area contributed by atoms with E-state index >= 15 is 0 Å². The van der Waals surface area contributed by atoms with Crippen LogP contribution in [0.15, 0.2) is 54.6 Å². The highest BCUT2D eigenvalue weighted by Crippen LogP contribution is 2.29. The predicted molar refractivity (Wildman–Crippen MR) is 89.1 cm³/mol. The summed E-state index contributed by atoms with van der Waals surface area (Å²) in [5.41, 5.74) is 10.3. The van der Waals surface area contributed by atoms with E-state index in [-0.39, 0.29) is 6.04 Å². The van der Waals surface area contributed by atoms with Crippen LogP contribution in [-0.2, 0) is 0 Å². The van der Waals surface area contributed by atoms with Crippen molar-refractivity contribution in [2.75, 3.05) is 13.6 Å². The van der Waals surface area contributed by atoms with Gasteiger partial charge in [0.1, 0.15) is 0 Å². The molecule has 1 fully saturated rings. The first-order chi connectivity index (χ1) is 10.3. The van der Waals surface area contributed by atoms with Crippen molar-refractivity contribution in [2.24, 2.45) is 5.73 Å². The van der Waals surface area contributed by atoms with Gasteiger partial charge in [0.15, 0.2) is 0 Å². The summed E-state index contributed by atoms with van der Waals surface area (Å²) >= 11 is 0.